The second kappa shape index (κ2) is 7.97. The summed E-state index contributed by atoms with van der Waals surface area (Å²) in [6.45, 7) is 3.24. The fourth-order valence-corrected chi connectivity index (χ4v) is 2.72. The fraction of sp³-hybridized carbons (Fsp3) is 0.529. The van der Waals surface area contributed by atoms with Gasteiger partial charge >= 0.3 is 5.97 Å². The predicted molar refractivity (Wildman–Crippen MR) is 84.6 cm³/mol. The minimum atomic E-state index is -0.908. The highest BCUT2D eigenvalue weighted by Crippen LogP contribution is 2.24. The Bertz CT molecular complexity index is 560. The van der Waals surface area contributed by atoms with Gasteiger partial charge in [0.2, 0.25) is 5.91 Å². The van der Waals surface area contributed by atoms with Gasteiger partial charge in [0, 0.05) is 19.5 Å². The van der Waals surface area contributed by atoms with Gasteiger partial charge in [0.1, 0.15) is 5.75 Å². The van der Waals surface area contributed by atoms with Gasteiger partial charge in [-0.3, -0.25) is 9.59 Å². The van der Waals surface area contributed by atoms with Crippen LogP contribution in [0.1, 0.15) is 31.2 Å². The summed E-state index contributed by atoms with van der Waals surface area (Å²) in [6.07, 6.45) is -0.111. The van der Waals surface area contributed by atoms with E-state index < -0.39 is 12.1 Å². The molecule has 1 saturated heterocycles. The van der Waals surface area contributed by atoms with Crippen molar-refractivity contribution in [2.75, 3.05) is 26.8 Å². The molecule has 1 aliphatic rings. The molecule has 1 aliphatic heterocycles. The van der Waals surface area contributed by atoms with Crippen molar-refractivity contribution in [3.8, 4) is 5.75 Å². The summed E-state index contributed by atoms with van der Waals surface area (Å²) in [5.41, 5.74) is 1.05. The third kappa shape index (κ3) is 4.96. The van der Waals surface area contributed by atoms with Crippen LogP contribution in [0.15, 0.2) is 24.3 Å². The van der Waals surface area contributed by atoms with Crippen LogP contribution in [-0.2, 0) is 14.3 Å². The van der Waals surface area contributed by atoms with E-state index in [9.17, 15) is 9.59 Å². The van der Waals surface area contributed by atoms with E-state index in [2.05, 4.69) is 0 Å². The quantitative estimate of drug-likeness (QED) is 0.866. The van der Waals surface area contributed by atoms with Crippen LogP contribution in [0.3, 0.4) is 0 Å². The van der Waals surface area contributed by atoms with Crippen molar-refractivity contribution in [2.24, 2.45) is 0 Å². The molecule has 1 amide bonds. The van der Waals surface area contributed by atoms with Crippen molar-refractivity contribution >= 4 is 11.9 Å². The Kier molecular flexibility index (Phi) is 5.98. The van der Waals surface area contributed by atoms with Gasteiger partial charge < -0.3 is 19.5 Å². The van der Waals surface area contributed by atoms with Crippen molar-refractivity contribution in [1.29, 1.82) is 0 Å². The monoisotopic (exact) mass is 321 g/mol. The first-order valence-electron chi connectivity index (χ1n) is 7.74. The number of nitrogens with zero attached hydrogens (tertiary/aromatic N) is 1. The Labute approximate surface area is 136 Å². The standard InChI is InChI=1S/C17H23NO5/c1-12(13-4-3-5-14(9-13)22-2)8-16(19)18-6-7-23-15(11-18)10-17(20)21/h3-5,9,12,15H,6-8,10-11H2,1-2H3,(H,20,21). The van der Waals surface area contributed by atoms with Crippen LogP contribution >= 0.6 is 0 Å². The van der Waals surface area contributed by atoms with Gasteiger partial charge in [-0.05, 0) is 23.6 Å². The lowest BCUT2D eigenvalue weighted by Crippen LogP contribution is -2.46. The summed E-state index contributed by atoms with van der Waals surface area (Å²) in [5.74, 6) is -0.0406. The second-order valence-electron chi connectivity index (χ2n) is 5.81. The van der Waals surface area contributed by atoms with Gasteiger partial charge in [0.05, 0.1) is 26.2 Å². The van der Waals surface area contributed by atoms with E-state index in [0.29, 0.717) is 26.1 Å². The number of hydrogen-bond acceptors (Lipinski definition) is 4. The molecule has 0 spiro atoms. The van der Waals surface area contributed by atoms with Gasteiger partial charge in [0.25, 0.3) is 0 Å². The number of hydrogen-bond donors (Lipinski definition) is 1. The molecule has 23 heavy (non-hydrogen) atoms. The van der Waals surface area contributed by atoms with Crippen molar-refractivity contribution in [1.82, 2.24) is 4.90 Å². The van der Waals surface area contributed by atoms with E-state index in [1.165, 1.54) is 0 Å². The lowest BCUT2D eigenvalue weighted by atomic mass is 9.96. The molecular formula is C17H23NO5. The van der Waals surface area contributed by atoms with Gasteiger partial charge in [-0.2, -0.15) is 0 Å². The molecule has 2 atom stereocenters. The van der Waals surface area contributed by atoms with Crippen LogP contribution in [0.25, 0.3) is 0 Å². The maximum atomic E-state index is 12.5. The van der Waals surface area contributed by atoms with Crippen LogP contribution in [0.2, 0.25) is 0 Å². The SMILES string of the molecule is COc1cccc(C(C)CC(=O)N2CCOC(CC(=O)O)C2)c1. The molecule has 1 N–H and O–H groups in total. The molecule has 0 saturated carbocycles. The number of benzene rings is 1. The molecule has 1 aromatic carbocycles. The molecule has 1 heterocycles. The average Bonchev–Trinajstić information content (AvgIpc) is 2.54. The first kappa shape index (κ1) is 17.3. The molecule has 2 unspecified atom stereocenters. The minimum absolute atomic E-state index is 0.0269. The number of morpholine rings is 1. The highest BCUT2D eigenvalue weighted by Gasteiger charge is 2.26. The summed E-state index contributed by atoms with van der Waals surface area (Å²) in [4.78, 5) is 24.9. The van der Waals surface area contributed by atoms with Crippen LogP contribution in [0, 0.1) is 0 Å². The number of carbonyl (C=O) groups is 2. The third-order valence-corrected chi connectivity index (χ3v) is 4.04. The van der Waals surface area contributed by atoms with Crippen molar-refractivity contribution < 1.29 is 24.2 Å². The van der Waals surface area contributed by atoms with E-state index in [1.807, 2.05) is 31.2 Å². The van der Waals surface area contributed by atoms with Gasteiger partial charge in [0.15, 0.2) is 0 Å². The summed E-state index contributed by atoms with van der Waals surface area (Å²) in [5, 5.41) is 8.84. The first-order chi connectivity index (χ1) is 11.0. The van der Waals surface area contributed by atoms with Crippen molar-refractivity contribution in [3.05, 3.63) is 29.8 Å². The topological polar surface area (TPSA) is 76.1 Å². The molecule has 0 radical (unpaired) electrons. The van der Waals surface area contributed by atoms with E-state index >= 15 is 0 Å². The van der Waals surface area contributed by atoms with Gasteiger partial charge in [-0.15, -0.1) is 0 Å². The number of amides is 1. The Morgan fingerprint density at radius 2 is 2.26 bits per heavy atom. The van der Waals surface area contributed by atoms with Crippen LogP contribution in [0.5, 0.6) is 5.75 Å². The summed E-state index contributed by atoms with van der Waals surface area (Å²) < 4.78 is 10.6. The van der Waals surface area contributed by atoms with E-state index in [0.717, 1.165) is 11.3 Å². The van der Waals surface area contributed by atoms with E-state index in [4.69, 9.17) is 14.6 Å². The second-order valence-corrected chi connectivity index (χ2v) is 5.81. The lowest BCUT2D eigenvalue weighted by Gasteiger charge is -2.33. The number of carbonyl (C=O) groups excluding carboxylic acids is 1. The molecule has 0 aromatic heterocycles. The van der Waals surface area contributed by atoms with Crippen molar-refractivity contribution in [2.45, 2.75) is 31.8 Å². The molecule has 6 nitrogen and oxygen atoms in total. The molecule has 6 heteroatoms. The Morgan fingerprint density at radius 3 is 2.96 bits per heavy atom. The molecule has 0 bridgehead atoms. The number of ether oxygens (including phenoxy) is 2. The maximum Gasteiger partial charge on any atom is 0.306 e. The van der Waals surface area contributed by atoms with Gasteiger partial charge in [-0.1, -0.05) is 19.1 Å². The lowest BCUT2D eigenvalue weighted by molar-refractivity contribution is -0.147. The zero-order chi connectivity index (χ0) is 16.8. The zero-order valence-corrected chi connectivity index (χ0v) is 13.5. The summed E-state index contributed by atoms with van der Waals surface area (Å²) in [7, 11) is 1.62. The third-order valence-electron chi connectivity index (χ3n) is 4.04. The zero-order valence-electron chi connectivity index (χ0n) is 13.5. The smallest absolute Gasteiger partial charge is 0.306 e. The number of rotatable bonds is 6. The first-order valence-corrected chi connectivity index (χ1v) is 7.74. The average molecular weight is 321 g/mol. The fourth-order valence-electron chi connectivity index (χ4n) is 2.72. The van der Waals surface area contributed by atoms with E-state index in [-0.39, 0.29) is 18.2 Å². The maximum absolute atomic E-state index is 12.5. The van der Waals surface area contributed by atoms with Crippen LogP contribution in [0.4, 0.5) is 0 Å². The highest BCUT2D eigenvalue weighted by atomic mass is 16.5. The normalized spacial score (nSPS) is 19.2. The van der Waals surface area contributed by atoms with Crippen LogP contribution in [-0.4, -0.2) is 54.8 Å². The Hall–Kier alpha value is -2.08. The Balaban J connectivity index is 1.93. The van der Waals surface area contributed by atoms with Crippen molar-refractivity contribution in [3.63, 3.8) is 0 Å². The Morgan fingerprint density at radius 1 is 1.48 bits per heavy atom. The minimum Gasteiger partial charge on any atom is -0.497 e. The molecule has 126 valence electrons. The molecule has 0 aliphatic carbocycles. The predicted octanol–water partition coefficient (Wildman–Crippen LogP) is 1.89. The molecule has 2 rings (SSSR count). The molecule has 1 aromatic rings. The largest absolute Gasteiger partial charge is 0.497 e. The van der Waals surface area contributed by atoms with E-state index in [1.54, 1.807) is 12.0 Å². The van der Waals surface area contributed by atoms with Gasteiger partial charge in [-0.25, -0.2) is 0 Å². The number of aliphatic carboxylic acids is 1. The molecular weight excluding hydrogens is 298 g/mol. The van der Waals surface area contributed by atoms with Crippen LogP contribution < -0.4 is 4.74 Å². The number of carboxylic acid groups (broad SMARTS) is 1. The number of carboxylic acids is 1. The summed E-state index contributed by atoms with van der Waals surface area (Å²) >= 11 is 0. The molecule has 1 fully saturated rings. The number of methoxy groups -OCH3 is 1. The highest BCUT2D eigenvalue weighted by molar-refractivity contribution is 5.77. The summed E-state index contributed by atoms with van der Waals surface area (Å²) in [6, 6.07) is 7.70.